The number of rotatable bonds is 5. The Balaban J connectivity index is 1.59. The first-order chi connectivity index (χ1) is 10.8. The van der Waals surface area contributed by atoms with E-state index >= 15 is 0 Å². The SMILES string of the molecule is C=C(c1cccc(OCC2CO2)c1)c1cc2ccccc2[nH]1. The first-order valence-electron chi connectivity index (χ1n) is 7.41. The molecule has 1 saturated heterocycles. The third kappa shape index (κ3) is 2.63. The zero-order chi connectivity index (χ0) is 14.9. The first-order valence-corrected chi connectivity index (χ1v) is 7.41. The van der Waals surface area contributed by atoms with E-state index in [2.05, 4.69) is 29.8 Å². The molecule has 1 atom stereocenters. The van der Waals surface area contributed by atoms with E-state index in [0.717, 1.165) is 34.7 Å². The molecule has 22 heavy (non-hydrogen) atoms. The number of hydrogen-bond acceptors (Lipinski definition) is 2. The van der Waals surface area contributed by atoms with Crippen molar-refractivity contribution >= 4 is 16.5 Å². The molecule has 1 fully saturated rings. The monoisotopic (exact) mass is 291 g/mol. The van der Waals surface area contributed by atoms with Gasteiger partial charge >= 0.3 is 0 Å². The molecule has 0 bridgehead atoms. The van der Waals surface area contributed by atoms with E-state index in [0.29, 0.717) is 6.61 Å². The molecule has 1 aliphatic heterocycles. The van der Waals surface area contributed by atoms with Gasteiger partial charge in [-0.05, 0) is 35.4 Å². The average molecular weight is 291 g/mol. The molecular formula is C19H17NO2. The highest BCUT2D eigenvalue weighted by molar-refractivity contribution is 5.88. The van der Waals surface area contributed by atoms with Gasteiger partial charge in [-0.25, -0.2) is 0 Å². The molecule has 0 aliphatic carbocycles. The molecule has 2 aromatic carbocycles. The number of nitrogens with one attached hydrogen (secondary N) is 1. The molecular weight excluding hydrogens is 274 g/mol. The van der Waals surface area contributed by atoms with Gasteiger partial charge in [-0.15, -0.1) is 0 Å². The highest BCUT2D eigenvalue weighted by Gasteiger charge is 2.23. The molecule has 110 valence electrons. The third-order valence-electron chi connectivity index (χ3n) is 3.88. The fourth-order valence-electron chi connectivity index (χ4n) is 2.52. The highest BCUT2D eigenvalue weighted by atomic mass is 16.6. The Morgan fingerprint density at radius 3 is 2.86 bits per heavy atom. The quantitative estimate of drug-likeness (QED) is 0.721. The van der Waals surface area contributed by atoms with Crippen LogP contribution in [0.1, 0.15) is 11.3 Å². The zero-order valence-corrected chi connectivity index (χ0v) is 12.2. The van der Waals surface area contributed by atoms with E-state index < -0.39 is 0 Å². The van der Waals surface area contributed by atoms with E-state index in [1.54, 1.807) is 0 Å². The standard InChI is InChI=1S/C19H17NO2/c1-13(19-10-15-5-2-3-8-18(15)20-19)14-6-4-7-16(9-14)21-11-17-12-22-17/h2-10,17,20H,1,11-12H2. The number of epoxide rings is 1. The van der Waals surface area contributed by atoms with Gasteiger partial charge in [0.05, 0.1) is 6.61 Å². The number of para-hydroxylation sites is 1. The van der Waals surface area contributed by atoms with Crippen LogP contribution in [0.4, 0.5) is 0 Å². The van der Waals surface area contributed by atoms with Crippen LogP contribution < -0.4 is 4.74 Å². The maximum atomic E-state index is 5.74. The van der Waals surface area contributed by atoms with Crippen LogP contribution in [0, 0.1) is 0 Å². The van der Waals surface area contributed by atoms with Crippen molar-refractivity contribution in [1.82, 2.24) is 4.98 Å². The molecule has 1 unspecified atom stereocenters. The van der Waals surface area contributed by atoms with Crippen LogP contribution in [0.2, 0.25) is 0 Å². The van der Waals surface area contributed by atoms with Gasteiger partial charge in [0, 0.05) is 16.6 Å². The van der Waals surface area contributed by atoms with Crippen molar-refractivity contribution < 1.29 is 9.47 Å². The second-order valence-electron chi connectivity index (χ2n) is 5.54. The summed E-state index contributed by atoms with van der Waals surface area (Å²) in [6.07, 6.45) is 0.264. The zero-order valence-electron chi connectivity index (χ0n) is 12.2. The topological polar surface area (TPSA) is 37.5 Å². The van der Waals surface area contributed by atoms with Crippen LogP contribution in [0.3, 0.4) is 0 Å². The van der Waals surface area contributed by atoms with E-state index in [1.807, 2.05) is 36.4 Å². The molecule has 1 aromatic heterocycles. The predicted octanol–water partition coefficient (Wildman–Crippen LogP) is 4.01. The summed E-state index contributed by atoms with van der Waals surface area (Å²) in [5, 5.41) is 1.19. The van der Waals surface area contributed by atoms with Crippen molar-refractivity contribution in [3.63, 3.8) is 0 Å². The Kier molecular flexibility index (Phi) is 3.20. The van der Waals surface area contributed by atoms with E-state index in [1.165, 1.54) is 5.39 Å². The molecule has 3 nitrogen and oxygen atoms in total. The van der Waals surface area contributed by atoms with Gasteiger partial charge < -0.3 is 14.5 Å². The van der Waals surface area contributed by atoms with Crippen molar-refractivity contribution in [3.05, 3.63) is 72.4 Å². The van der Waals surface area contributed by atoms with Crippen LogP contribution in [-0.2, 0) is 4.74 Å². The number of benzene rings is 2. The normalized spacial score (nSPS) is 16.6. The summed E-state index contributed by atoms with van der Waals surface area (Å²) in [4.78, 5) is 3.41. The molecule has 0 amide bonds. The Labute approximate surface area is 129 Å². The molecule has 0 radical (unpaired) electrons. The van der Waals surface area contributed by atoms with Crippen molar-refractivity contribution in [2.45, 2.75) is 6.10 Å². The van der Waals surface area contributed by atoms with Crippen molar-refractivity contribution in [2.24, 2.45) is 0 Å². The molecule has 0 spiro atoms. The number of aromatic amines is 1. The summed E-state index contributed by atoms with van der Waals surface area (Å²) >= 11 is 0. The largest absolute Gasteiger partial charge is 0.491 e. The lowest BCUT2D eigenvalue weighted by atomic mass is 10.0. The summed E-state index contributed by atoms with van der Waals surface area (Å²) in [5.74, 6) is 0.852. The maximum absolute atomic E-state index is 5.74. The lowest BCUT2D eigenvalue weighted by Gasteiger charge is -2.08. The third-order valence-corrected chi connectivity index (χ3v) is 3.88. The summed E-state index contributed by atoms with van der Waals surface area (Å²) in [6.45, 7) is 5.65. The van der Waals surface area contributed by atoms with Gasteiger partial charge in [-0.2, -0.15) is 0 Å². The number of aromatic nitrogens is 1. The maximum Gasteiger partial charge on any atom is 0.120 e. The second kappa shape index (κ2) is 5.35. The molecule has 4 rings (SSSR count). The lowest BCUT2D eigenvalue weighted by molar-refractivity contribution is 0.263. The molecule has 2 heterocycles. The minimum absolute atomic E-state index is 0.264. The van der Waals surface area contributed by atoms with Crippen molar-refractivity contribution in [1.29, 1.82) is 0 Å². The van der Waals surface area contributed by atoms with Crippen LogP contribution in [-0.4, -0.2) is 24.3 Å². The molecule has 1 N–H and O–H groups in total. The minimum Gasteiger partial charge on any atom is -0.491 e. The summed E-state index contributed by atoms with van der Waals surface area (Å²) in [5.41, 5.74) is 4.17. The predicted molar refractivity (Wildman–Crippen MR) is 88.1 cm³/mol. The van der Waals surface area contributed by atoms with E-state index in [-0.39, 0.29) is 6.10 Å². The molecule has 3 heteroatoms. The van der Waals surface area contributed by atoms with Gasteiger partial charge in [-0.3, -0.25) is 0 Å². The van der Waals surface area contributed by atoms with E-state index in [4.69, 9.17) is 9.47 Å². The van der Waals surface area contributed by atoms with E-state index in [9.17, 15) is 0 Å². The highest BCUT2D eigenvalue weighted by Crippen LogP contribution is 2.27. The van der Waals surface area contributed by atoms with Gasteiger partial charge in [0.15, 0.2) is 0 Å². The number of hydrogen-bond donors (Lipinski definition) is 1. The van der Waals surface area contributed by atoms with Crippen LogP contribution in [0.15, 0.2) is 61.2 Å². The summed E-state index contributed by atoms with van der Waals surface area (Å²) in [6, 6.07) is 18.4. The van der Waals surface area contributed by atoms with Gasteiger partial charge in [0.1, 0.15) is 18.5 Å². The second-order valence-corrected chi connectivity index (χ2v) is 5.54. The molecule has 1 aliphatic rings. The Bertz CT molecular complexity index is 797. The average Bonchev–Trinajstić information content (AvgIpc) is 3.29. The summed E-state index contributed by atoms with van der Waals surface area (Å²) < 4.78 is 10.9. The summed E-state index contributed by atoms with van der Waals surface area (Å²) in [7, 11) is 0. The fourth-order valence-corrected chi connectivity index (χ4v) is 2.52. The Hall–Kier alpha value is -2.52. The smallest absolute Gasteiger partial charge is 0.120 e. The number of H-pyrrole nitrogens is 1. The molecule has 3 aromatic rings. The van der Waals surface area contributed by atoms with Crippen LogP contribution >= 0.6 is 0 Å². The van der Waals surface area contributed by atoms with Crippen molar-refractivity contribution in [3.8, 4) is 5.75 Å². The number of ether oxygens (including phenoxy) is 2. The van der Waals surface area contributed by atoms with Gasteiger partial charge in [0.25, 0.3) is 0 Å². The minimum atomic E-state index is 0.264. The van der Waals surface area contributed by atoms with Crippen LogP contribution in [0.5, 0.6) is 5.75 Å². The number of fused-ring (bicyclic) bond motifs is 1. The molecule has 0 saturated carbocycles. The van der Waals surface area contributed by atoms with Gasteiger partial charge in [-0.1, -0.05) is 36.9 Å². The van der Waals surface area contributed by atoms with Gasteiger partial charge in [0.2, 0.25) is 0 Å². The lowest BCUT2D eigenvalue weighted by Crippen LogP contribution is -2.04. The van der Waals surface area contributed by atoms with Crippen molar-refractivity contribution in [2.75, 3.05) is 13.2 Å². The first kappa shape index (κ1) is 13.2. The Morgan fingerprint density at radius 1 is 1.18 bits per heavy atom. The van der Waals surface area contributed by atoms with Crippen LogP contribution in [0.25, 0.3) is 16.5 Å². The Morgan fingerprint density at radius 2 is 2.05 bits per heavy atom. The fraction of sp³-hybridized carbons (Fsp3) is 0.158.